The quantitative estimate of drug-likeness (QED) is 0.649. The van der Waals surface area contributed by atoms with Crippen LogP contribution in [0.1, 0.15) is 33.1 Å². The predicted molar refractivity (Wildman–Crippen MR) is 66.3 cm³/mol. The van der Waals surface area contributed by atoms with Crippen LogP contribution in [0, 0.1) is 23.7 Å². The Morgan fingerprint density at radius 1 is 1.29 bits per heavy atom. The van der Waals surface area contributed by atoms with E-state index in [9.17, 15) is 4.79 Å². The van der Waals surface area contributed by atoms with Crippen molar-refractivity contribution in [3.63, 3.8) is 0 Å². The number of carbonyl (C=O) groups is 1. The molecule has 4 atom stereocenters. The number of ether oxygens (including phenoxy) is 1. The van der Waals surface area contributed by atoms with E-state index in [1.807, 2.05) is 0 Å². The van der Waals surface area contributed by atoms with Gasteiger partial charge in [-0.05, 0) is 44.4 Å². The van der Waals surface area contributed by atoms with E-state index in [4.69, 9.17) is 4.74 Å². The first kappa shape index (κ1) is 11.1. The van der Waals surface area contributed by atoms with Gasteiger partial charge < -0.3 is 4.74 Å². The molecule has 2 fully saturated rings. The van der Waals surface area contributed by atoms with Crippen LogP contribution in [0.25, 0.3) is 0 Å². The van der Waals surface area contributed by atoms with Gasteiger partial charge in [0.1, 0.15) is 0 Å². The Morgan fingerprint density at radius 2 is 2.00 bits per heavy atom. The van der Waals surface area contributed by atoms with Gasteiger partial charge in [0.2, 0.25) is 0 Å². The predicted octanol–water partition coefficient (Wildman–Crippen LogP) is 3.10. The van der Waals surface area contributed by atoms with Crippen molar-refractivity contribution in [2.75, 3.05) is 7.11 Å². The number of rotatable bonds is 1. The van der Waals surface area contributed by atoms with Crippen LogP contribution in [0.2, 0.25) is 0 Å². The van der Waals surface area contributed by atoms with E-state index in [1.165, 1.54) is 18.4 Å². The molecule has 2 heteroatoms. The van der Waals surface area contributed by atoms with Gasteiger partial charge in [-0.2, -0.15) is 0 Å². The van der Waals surface area contributed by atoms with E-state index in [0.717, 1.165) is 12.2 Å². The van der Waals surface area contributed by atoms with Crippen molar-refractivity contribution in [1.82, 2.24) is 0 Å². The number of carbonyl (C=O) groups excluding carboxylic acids is 1. The number of methoxy groups -OCH3 is 1. The van der Waals surface area contributed by atoms with Gasteiger partial charge in [0, 0.05) is 18.4 Å². The Kier molecular flexibility index (Phi) is 2.42. The minimum Gasteiger partial charge on any atom is -0.501 e. The molecule has 3 aliphatic rings. The number of hydrogen-bond acceptors (Lipinski definition) is 2. The minimum absolute atomic E-state index is 0.262. The fourth-order valence-electron chi connectivity index (χ4n) is 4.42. The van der Waals surface area contributed by atoms with E-state index < -0.39 is 0 Å². The summed E-state index contributed by atoms with van der Waals surface area (Å²) >= 11 is 0. The Morgan fingerprint density at radius 3 is 2.65 bits per heavy atom. The monoisotopic (exact) mass is 232 g/mol. The summed E-state index contributed by atoms with van der Waals surface area (Å²) in [6, 6.07) is 0. The average Bonchev–Trinajstić information content (AvgIpc) is 2.84. The SMILES string of the molecule is COC1=CC(=O)[C@H]2[C@H](C1)[C@H]1CC[C@H]2C1=C(C)C. The first-order chi connectivity index (χ1) is 8.13. The van der Waals surface area contributed by atoms with Gasteiger partial charge in [-0.25, -0.2) is 0 Å². The van der Waals surface area contributed by atoms with Crippen molar-refractivity contribution in [1.29, 1.82) is 0 Å². The molecule has 0 aromatic heterocycles. The van der Waals surface area contributed by atoms with Crippen LogP contribution in [0.15, 0.2) is 23.0 Å². The van der Waals surface area contributed by atoms with Gasteiger partial charge in [0.15, 0.2) is 5.78 Å². The normalized spacial score (nSPS) is 39.1. The van der Waals surface area contributed by atoms with Crippen molar-refractivity contribution in [2.24, 2.45) is 23.7 Å². The number of hydrogen-bond donors (Lipinski definition) is 0. The van der Waals surface area contributed by atoms with Gasteiger partial charge in [0.05, 0.1) is 12.9 Å². The van der Waals surface area contributed by atoms with Crippen molar-refractivity contribution in [2.45, 2.75) is 33.1 Å². The molecule has 2 bridgehead atoms. The van der Waals surface area contributed by atoms with Crippen LogP contribution >= 0.6 is 0 Å². The lowest BCUT2D eigenvalue weighted by Gasteiger charge is -2.32. The van der Waals surface area contributed by atoms with Gasteiger partial charge in [-0.1, -0.05) is 11.1 Å². The maximum absolute atomic E-state index is 12.2. The summed E-state index contributed by atoms with van der Waals surface area (Å²) < 4.78 is 5.30. The highest BCUT2D eigenvalue weighted by Crippen LogP contribution is 2.59. The summed E-state index contributed by atoms with van der Waals surface area (Å²) in [5.41, 5.74) is 3.04. The molecule has 0 unspecified atom stereocenters. The zero-order chi connectivity index (χ0) is 12.2. The molecule has 3 rings (SSSR count). The van der Waals surface area contributed by atoms with E-state index in [1.54, 1.807) is 18.8 Å². The number of allylic oxidation sites excluding steroid dienone is 4. The summed E-state index contributed by atoms with van der Waals surface area (Å²) in [6.07, 6.45) is 5.19. The number of ketones is 1. The molecule has 0 saturated heterocycles. The molecule has 0 radical (unpaired) electrons. The Labute approximate surface area is 103 Å². The smallest absolute Gasteiger partial charge is 0.163 e. The molecule has 0 aromatic rings. The summed E-state index contributed by atoms with van der Waals surface area (Å²) in [5, 5.41) is 0. The summed E-state index contributed by atoms with van der Waals surface area (Å²) in [4.78, 5) is 12.2. The lowest BCUT2D eigenvalue weighted by Crippen LogP contribution is -2.32. The lowest BCUT2D eigenvalue weighted by atomic mass is 9.72. The van der Waals surface area contributed by atoms with Crippen LogP contribution < -0.4 is 0 Å². The van der Waals surface area contributed by atoms with Crippen molar-refractivity contribution in [3.8, 4) is 0 Å². The highest BCUT2D eigenvalue weighted by Gasteiger charge is 2.55. The Bertz CT molecular complexity index is 426. The van der Waals surface area contributed by atoms with Crippen LogP contribution in [0.4, 0.5) is 0 Å². The second kappa shape index (κ2) is 3.72. The van der Waals surface area contributed by atoms with Crippen LogP contribution in [0.3, 0.4) is 0 Å². The maximum Gasteiger partial charge on any atom is 0.163 e. The van der Waals surface area contributed by atoms with Crippen molar-refractivity contribution >= 4 is 5.78 Å². The molecular formula is C15H20O2. The molecule has 0 N–H and O–H groups in total. The van der Waals surface area contributed by atoms with Gasteiger partial charge in [-0.15, -0.1) is 0 Å². The van der Waals surface area contributed by atoms with Crippen LogP contribution in [0.5, 0.6) is 0 Å². The van der Waals surface area contributed by atoms with E-state index in [0.29, 0.717) is 23.5 Å². The van der Waals surface area contributed by atoms with Gasteiger partial charge in [-0.3, -0.25) is 4.79 Å². The second-order valence-electron chi connectivity index (χ2n) is 5.86. The molecule has 2 nitrogen and oxygen atoms in total. The second-order valence-corrected chi connectivity index (χ2v) is 5.86. The molecule has 0 amide bonds. The van der Waals surface area contributed by atoms with E-state index >= 15 is 0 Å². The molecule has 2 saturated carbocycles. The van der Waals surface area contributed by atoms with E-state index in [-0.39, 0.29) is 5.92 Å². The molecule has 3 aliphatic carbocycles. The number of fused-ring (bicyclic) bond motifs is 5. The van der Waals surface area contributed by atoms with Crippen LogP contribution in [-0.4, -0.2) is 12.9 Å². The Hall–Kier alpha value is -1.05. The standard InChI is InChI=1S/C15H20O2/c1-8(2)14-10-4-5-11(14)15-12(10)6-9(17-3)7-13(15)16/h7,10-12,15H,4-6H2,1-3H3/t10-,11+,12-,15-/m1/s1. The Balaban J connectivity index is 2.00. The van der Waals surface area contributed by atoms with Crippen molar-refractivity contribution in [3.05, 3.63) is 23.0 Å². The highest BCUT2D eigenvalue weighted by molar-refractivity contribution is 5.94. The largest absolute Gasteiger partial charge is 0.501 e. The molecule has 17 heavy (non-hydrogen) atoms. The molecule has 0 spiro atoms. The molecular weight excluding hydrogens is 212 g/mol. The molecule has 0 aromatic carbocycles. The zero-order valence-electron chi connectivity index (χ0n) is 10.8. The first-order valence-corrected chi connectivity index (χ1v) is 6.59. The summed E-state index contributed by atoms with van der Waals surface area (Å²) in [7, 11) is 1.68. The maximum atomic E-state index is 12.2. The third kappa shape index (κ3) is 1.42. The van der Waals surface area contributed by atoms with Gasteiger partial charge in [0.25, 0.3) is 0 Å². The topological polar surface area (TPSA) is 26.3 Å². The molecule has 0 heterocycles. The van der Waals surface area contributed by atoms with Gasteiger partial charge >= 0.3 is 0 Å². The third-order valence-electron chi connectivity index (χ3n) is 4.91. The summed E-state index contributed by atoms with van der Waals surface area (Å²) in [6.45, 7) is 4.40. The van der Waals surface area contributed by atoms with Crippen LogP contribution in [-0.2, 0) is 9.53 Å². The molecule has 0 aliphatic heterocycles. The highest BCUT2D eigenvalue weighted by atomic mass is 16.5. The van der Waals surface area contributed by atoms with E-state index in [2.05, 4.69) is 13.8 Å². The zero-order valence-corrected chi connectivity index (χ0v) is 10.8. The third-order valence-corrected chi connectivity index (χ3v) is 4.91. The fourth-order valence-corrected chi connectivity index (χ4v) is 4.42. The lowest BCUT2D eigenvalue weighted by molar-refractivity contribution is -0.122. The van der Waals surface area contributed by atoms with Crippen molar-refractivity contribution < 1.29 is 9.53 Å². The summed E-state index contributed by atoms with van der Waals surface area (Å²) in [5.74, 6) is 3.17. The molecule has 92 valence electrons. The average molecular weight is 232 g/mol. The first-order valence-electron chi connectivity index (χ1n) is 6.59. The minimum atomic E-state index is 0.262. The fraction of sp³-hybridized carbons (Fsp3) is 0.667.